The molecule has 0 saturated carbocycles. The van der Waals surface area contributed by atoms with Crippen LogP contribution in [0.4, 0.5) is 10.1 Å². The van der Waals surface area contributed by atoms with Gasteiger partial charge in [-0.25, -0.2) is 9.37 Å². The van der Waals surface area contributed by atoms with Gasteiger partial charge in [0.1, 0.15) is 5.82 Å². The van der Waals surface area contributed by atoms with Gasteiger partial charge in [0.25, 0.3) is 0 Å². The average Bonchev–Trinajstić information content (AvgIpc) is 2.86. The molecule has 0 aliphatic carbocycles. The van der Waals surface area contributed by atoms with Gasteiger partial charge in [-0.3, -0.25) is 0 Å². The maximum atomic E-state index is 13.4. The molecule has 1 aromatic carbocycles. The lowest BCUT2D eigenvalue weighted by molar-refractivity contribution is 0.609. The summed E-state index contributed by atoms with van der Waals surface area (Å²) in [6.07, 6.45) is 4.07. The molecule has 2 heterocycles. The number of halogens is 1. The number of benzene rings is 1. The van der Waals surface area contributed by atoms with E-state index < -0.39 is 0 Å². The number of nitrogens with one attached hydrogen (secondary N) is 2. The average molecular weight is 203 g/mol. The van der Waals surface area contributed by atoms with Gasteiger partial charge in [-0.05, 0) is 12.1 Å². The number of imidazole rings is 1. The van der Waals surface area contributed by atoms with Crippen LogP contribution in [0.25, 0.3) is 0 Å². The third kappa shape index (κ3) is 1.29. The molecule has 0 radical (unpaired) electrons. The zero-order valence-corrected chi connectivity index (χ0v) is 8.00. The summed E-state index contributed by atoms with van der Waals surface area (Å²) in [7, 11) is 0. The molecule has 76 valence electrons. The van der Waals surface area contributed by atoms with Crippen LogP contribution < -0.4 is 5.32 Å². The normalized spacial score (nSPS) is 18.6. The first-order valence-corrected chi connectivity index (χ1v) is 4.87. The number of nitrogens with zero attached hydrogens (tertiary/aromatic N) is 1. The summed E-state index contributed by atoms with van der Waals surface area (Å²) in [5.41, 5.74) is 2.64. The van der Waals surface area contributed by atoms with Crippen molar-refractivity contribution in [2.24, 2.45) is 0 Å². The Balaban J connectivity index is 1.96. The van der Waals surface area contributed by atoms with E-state index in [2.05, 4.69) is 15.3 Å². The summed E-state index contributed by atoms with van der Waals surface area (Å²) in [5.74, 6) is -0.137. The number of rotatable bonds is 1. The molecule has 1 aliphatic heterocycles. The smallest absolute Gasteiger partial charge is 0.128 e. The molecule has 0 fully saturated rings. The number of anilines is 1. The number of aromatic nitrogens is 2. The summed E-state index contributed by atoms with van der Waals surface area (Å²) in [6, 6.07) is 5.22. The van der Waals surface area contributed by atoms with Crippen molar-refractivity contribution in [2.75, 3.05) is 5.32 Å². The molecule has 0 saturated heterocycles. The standard InChI is InChI=1S/C11H10FN3/c12-8-2-1-3-9-7(8)4-10(15-9)11-5-13-6-14-11/h1-3,5-6,10,15H,4H2,(H,13,14). The van der Waals surface area contributed by atoms with Crippen molar-refractivity contribution in [3.63, 3.8) is 0 Å². The Kier molecular flexibility index (Phi) is 1.74. The lowest BCUT2D eigenvalue weighted by atomic mass is 10.1. The SMILES string of the molecule is Fc1cccc2c1CC(c1cnc[nH]1)N2. The van der Waals surface area contributed by atoms with Gasteiger partial charge in [0.05, 0.1) is 24.3 Å². The number of hydrogen-bond acceptors (Lipinski definition) is 2. The summed E-state index contributed by atoms with van der Waals surface area (Å²) < 4.78 is 13.4. The van der Waals surface area contributed by atoms with Crippen molar-refractivity contribution >= 4 is 5.69 Å². The molecule has 1 unspecified atom stereocenters. The second-order valence-electron chi connectivity index (χ2n) is 3.67. The molecule has 1 atom stereocenters. The molecule has 15 heavy (non-hydrogen) atoms. The summed E-state index contributed by atoms with van der Waals surface area (Å²) in [6.45, 7) is 0. The fourth-order valence-electron chi connectivity index (χ4n) is 1.99. The number of hydrogen-bond donors (Lipinski definition) is 2. The van der Waals surface area contributed by atoms with Crippen LogP contribution in [0.1, 0.15) is 17.3 Å². The maximum Gasteiger partial charge on any atom is 0.128 e. The van der Waals surface area contributed by atoms with Gasteiger partial charge in [0, 0.05) is 17.7 Å². The molecule has 0 spiro atoms. The van der Waals surface area contributed by atoms with E-state index in [4.69, 9.17) is 0 Å². The van der Waals surface area contributed by atoms with Crippen LogP contribution in [0.3, 0.4) is 0 Å². The van der Waals surface area contributed by atoms with E-state index in [-0.39, 0.29) is 11.9 Å². The van der Waals surface area contributed by atoms with E-state index in [1.165, 1.54) is 6.07 Å². The Morgan fingerprint density at radius 3 is 3.07 bits per heavy atom. The van der Waals surface area contributed by atoms with Gasteiger partial charge in [-0.2, -0.15) is 0 Å². The van der Waals surface area contributed by atoms with Crippen LogP contribution in [-0.2, 0) is 6.42 Å². The molecule has 3 nitrogen and oxygen atoms in total. The summed E-state index contributed by atoms with van der Waals surface area (Å²) >= 11 is 0. The van der Waals surface area contributed by atoms with Crippen molar-refractivity contribution in [1.29, 1.82) is 0 Å². The number of fused-ring (bicyclic) bond motifs is 1. The van der Waals surface area contributed by atoms with Crippen LogP contribution in [0.2, 0.25) is 0 Å². The van der Waals surface area contributed by atoms with E-state index in [9.17, 15) is 4.39 Å². The van der Waals surface area contributed by atoms with Crippen LogP contribution in [0, 0.1) is 5.82 Å². The van der Waals surface area contributed by atoms with Gasteiger partial charge in [-0.15, -0.1) is 0 Å². The molecular formula is C11H10FN3. The first-order chi connectivity index (χ1) is 7.34. The van der Waals surface area contributed by atoms with E-state index >= 15 is 0 Å². The topological polar surface area (TPSA) is 40.7 Å². The molecule has 3 rings (SSSR count). The highest BCUT2D eigenvalue weighted by Gasteiger charge is 2.24. The molecular weight excluding hydrogens is 193 g/mol. The minimum Gasteiger partial charge on any atom is -0.376 e. The maximum absolute atomic E-state index is 13.4. The monoisotopic (exact) mass is 203 g/mol. The Bertz CT molecular complexity index is 479. The zero-order chi connectivity index (χ0) is 10.3. The minimum atomic E-state index is -0.137. The van der Waals surface area contributed by atoms with E-state index in [0.29, 0.717) is 6.42 Å². The molecule has 2 aromatic rings. The van der Waals surface area contributed by atoms with Crippen molar-refractivity contribution in [3.8, 4) is 0 Å². The minimum absolute atomic E-state index is 0.111. The van der Waals surface area contributed by atoms with Crippen molar-refractivity contribution in [3.05, 3.63) is 47.8 Å². The van der Waals surface area contributed by atoms with Gasteiger partial charge in [-0.1, -0.05) is 6.07 Å². The molecule has 0 amide bonds. The largest absolute Gasteiger partial charge is 0.376 e. The van der Waals surface area contributed by atoms with E-state index in [1.54, 1.807) is 18.6 Å². The number of H-pyrrole nitrogens is 1. The third-order valence-corrected chi connectivity index (χ3v) is 2.75. The van der Waals surface area contributed by atoms with Crippen LogP contribution >= 0.6 is 0 Å². The van der Waals surface area contributed by atoms with Gasteiger partial charge < -0.3 is 10.3 Å². The molecule has 1 aromatic heterocycles. The highest BCUT2D eigenvalue weighted by Crippen LogP contribution is 2.34. The molecule has 1 aliphatic rings. The molecule has 0 bridgehead atoms. The fourth-order valence-corrected chi connectivity index (χ4v) is 1.99. The molecule has 4 heteroatoms. The quantitative estimate of drug-likeness (QED) is 0.746. The Morgan fingerprint density at radius 2 is 2.33 bits per heavy atom. The first-order valence-electron chi connectivity index (χ1n) is 4.87. The first kappa shape index (κ1) is 8.47. The summed E-state index contributed by atoms with van der Waals surface area (Å²) in [4.78, 5) is 7.00. The second-order valence-corrected chi connectivity index (χ2v) is 3.67. The third-order valence-electron chi connectivity index (χ3n) is 2.75. The fraction of sp³-hybridized carbons (Fsp3) is 0.182. The Labute approximate surface area is 86.4 Å². The highest BCUT2D eigenvalue weighted by molar-refractivity contribution is 5.58. The Morgan fingerprint density at radius 1 is 1.40 bits per heavy atom. The lowest BCUT2D eigenvalue weighted by Crippen LogP contribution is -2.05. The van der Waals surface area contributed by atoms with Crippen LogP contribution in [0.5, 0.6) is 0 Å². The van der Waals surface area contributed by atoms with E-state index in [1.807, 2.05) is 6.07 Å². The van der Waals surface area contributed by atoms with Crippen molar-refractivity contribution in [1.82, 2.24) is 9.97 Å². The van der Waals surface area contributed by atoms with Crippen LogP contribution in [0.15, 0.2) is 30.7 Å². The predicted molar refractivity (Wildman–Crippen MR) is 55.1 cm³/mol. The van der Waals surface area contributed by atoms with Gasteiger partial charge >= 0.3 is 0 Å². The van der Waals surface area contributed by atoms with Gasteiger partial charge in [0.2, 0.25) is 0 Å². The van der Waals surface area contributed by atoms with Gasteiger partial charge in [0.15, 0.2) is 0 Å². The van der Waals surface area contributed by atoms with Crippen molar-refractivity contribution < 1.29 is 4.39 Å². The highest BCUT2D eigenvalue weighted by atomic mass is 19.1. The van der Waals surface area contributed by atoms with Crippen molar-refractivity contribution in [2.45, 2.75) is 12.5 Å². The summed E-state index contributed by atoms with van der Waals surface area (Å²) in [5, 5.41) is 3.27. The predicted octanol–water partition coefficient (Wildman–Crippen LogP) is 2.26. The van der Waals surface area contributed by atoms with E-state index in [0.717, 1.165) is 16.9 Å². The number of aromatic amines is 1. The zero-order valence-electron chi connectivity index (χ0n) is 8.00. The molecule has 2 N–H and O–H groups in total. The second kappa shape index (κ2) is 3.08. The van der Waals surface area contributed by atoms with Crippen LogP contribution in [-0.4, -0.2) is 9.97 Å². The lowest BCUT2D eigenvalue weighted by Gasteiger charge is -2.07. The Hall–Kier alpha value is -1.84.